The number of hydrogen-bond donors (Lipinski definition) is 3. The lowest BCUT2D eigenvalue weighted by Crippen LogP contribution is -2.38. The van der Waals surface area contributed by atoms with Crippen molar-refractivity contribution >= 4 is 22.9 Å². The van der Waals surface area contributed by atoms with Crippen molar-refractivity contribution in [2.45, 2.75) is 25.6 Å². The van der Waals surface area contributed by atoms with E-state index in [2.05, 4.69) is 10.7 Å². The molecule has 3 unspecified atom stereocenters. The van der Waals surface area contributed by atoms with E-state index in [0.717, 1.165) is 5.56 Å². The summed E-state index contributed by atoms with van der Waals surface area (Å²) in [5.41, 5.74) is 1.39. The highest BCUT2D eigenvalue weighted by Gasteiger charge is 2.38. The average Bonchev–Trinajstić information content (AvgIpc) is 3.35. The highest BCUT2D eigenvalue weighted by Crippen LogP contribution is 2.39. The van der Waals surface area contributed by atoms with Gasteiger partial charge in [0.15, 0.2) is 5.76 Å². The van der Waals surface area contributed by atoms with Gasteiger partial charge in [0.1, 0.15) is 5.75 Å². The predicted octanol–water partition coefficient (Wildman–Crippen LogP) is 3.48. The van der Waals surface area contributed by atoms with E-state index in [1.807, 2.05) is 24.4 Å². The second-order valence-corrected chi connectivity index (χ2v) is 8.21. The van der Waals surface area contributed by atoms with Gasteiger partial charge in [0.2, 0.25) is 6.29 Å². The summed E-state index contributed by atoms with van der Waals surface area (Å²) >= 11 is 1.59. The lowest BCUT2D eigenvalue weighted by Gasteiger charge is -2.36. The van der Waals surface area contributed by atoms with Gasteiger partial charge in [-0.2, -0.15) is 11.3 Å². The van der Waals surface area contributed by atoms with Crippen LogP contribution in [0.2, 0.25) is 0 Å². The molecular formula is C24H31NO7S. The number of thiophene rings is 1. The van der Waals surface area contributed by atoms with E-state index in [1.165, 1.54) is 6.07 Å². The highest BCUT2D eigenvalue weighted by molar-refractivity contribution is 7.08. The number of anilines is 1. The standard InChI is InChI=1S/C24H31NO7S/c1-2-31-24-18(7-10-29-12-13-30-11-9-26)19(17-8-14-33-16-17)15-22(32-24)23(28)25-20-5-3-4-6-21(20)27/h3-6,8,14-16,18-19,24,26-27H,2,7,9-13H2,1H3,(H,25,28). The Kier molecular flexibility index (Phi) is 10.2. The van der Waals surface area contributed by atoms with Gasteiger partial charge in [0.25, 0.3) is 5.91 Å². The van der Waals surface area contributed by atoms with Gasteiger partial charge < -0.3 is 34.5 Å². The summed E-state index contributed by atoms with van der Waals surface area (Å²) in [4.78, 5) is 13.0. The second kappa shape index (κ2) is 13.3. The van der Waals surface area contributed by atoms with Crippen LogP contribution < -0.4 is 5.32 Å². The number of aliphatic hydroxyl groups is 1. The third kappa shape index (κ3) is 7.28. The number of aliphatic hydroxyl groups excluding tert-OH is 1. The van der Waals surface area contributed by atoms with E-state index in [-0.39, 0.29) is 30.0 Å². The summed E-state index contributed by atoms with van der Waals surface area (Å²) in [6, 6.07) is 8.58. The Morgan fingerprint density at radius 2 is 1.94 bits per heavy atom. The smallest absolute Gasteiger partial charge is 0.290 e. The molecule has 0 fully saturated rings. The zero-order valence-electron chi connectivity index (χ0n) is 18.6. The van der Waals surface area contributed by atoms with Gasteiger partial charge in [-0.1, -0.05) is 12.1 Å². The minimum atomic E-state index is -0.621. The minimum Gasteiger partial charge on any atom is -0.506 e. The molecule has 1 aromatic heterocycles. The number of rotatable bonds is 13. The Balaban J connectivity index is 1.73. The van der Waals surface area contributed by atoms with Gasteiger partial charge in [-0.05, 0) is 53.9 Å². The van der Waals surface area contributed by atoms with Crippen molar-refractivity contribution in [1.82, 2.24) is 0 Å². The van der Waals surface area contributed by atoms with Crippen LogP contribution >= 0.6 is 11.3 Å². The first-order valence-corrected chi connectivity index (χ1v) is 12.0. The van der Waals surface area contributed by atoms with E-state index < -0.39 is 12.2 Å². The summed E-state index contributed by atoms with van der Waals surface area (Å²) in [7, 11) is 0. The predicted molar refractivity (Wildman–Crippen MR) is 125 cm³/mol. The number of hydrogen-bond acceptors (Lipinski definition) is 8. The van der Waals surface area contributed by atoms with Crippen LogP contribution in [0.4, 0.5) is 5.69 Å². The average molecular weight is 478 g/mol. The van der Waals surface area contributed by atoms with Gasteiger partial charge in [-0.15, -0.1) is 0 Å². The Bertz CT molecular complexity index is 887. The molecule has 1 aliphatic heterocycles. The van der Waals surface area contributed by atoms with Crippen molar-refractivity contribution in [1.29, 1.82) is 0 Å². The second-order valence-electron chi connectivity index (χ2n) is 7.43. The number of allylic oxidation sites excluding steroid dienone is 1. The topological polar surface area (TPSA) is 106 Å². The summed E-state index contributed by atoms with van der Waals surface area (Å²) in [5.74, 6) is -0.462. The molecule has 0 spiro atoms. The van der Waals surface area contributed by atoms with Crippen LogP contribution in [-0.4, -0.2) is 62.1 Å². The highest BCUT2D eigenvalue weighted by atomic mass is 32.1. The van der Waals surface area contributed by atoms with Crippen LogP contribution in [0, 0.1) is 5.92 Å². The Hall–Kier alpha value is -2.43. The van der Waals surface area contributed by atoms with Crippen molar-refractivity contribution in [3.8, 4) is 5.75 Å². The normalized spacial score (nSPS) is 20.2. The molecule has 0 aliphatic carbocycles. The number of phenols is 1. The molecule has 1 aromatic carbocycles. The van der Waals surface area contributed by atoms with Crippen LogP contribution in [-0.2, 0) is 23.7 Å². The number of amides is 1. The third-order valence-electron chi connectivity index (χ3n) is 5.22. The molecule has 0 radical (unpaired) electrons. The van der Waals surface area contributed by atoms with Crippen molar-refractivity contribution in [3.63, 3.8) is 0 Å². The molecule has 2 aromatic rings. The van der Waals surface area contributed by atoms with Crippen LogP contribution in [0.25, 0.3) is 0 Å². The molecule has 0 saturated heterocycles. The molecule has 33 heavy (non-hydrogen) atoms. The zero-order chi connectivity index (χ0) is 23.5. The van der Waals surface area contributed by atoms with Gasteiger partial charge >= 0.3 is 0 Å². The molecule has 8 nitrogen and oxygen atoms in total. The molecule has 2 heterocycles. The first-order chi connectivity index (χ1) is 16.1. The zero-order valence-corrected chi connectivity index (χ0v) is 19.5. The number of carbonyl (C=O) groups excluding carboxylic acids is 1. The van der Waals surface area contributed by atoms with Crippen LogP contribution in [0.5, 0.6) is 5.75 Å². The number of ether oxygens (including phenoxy) is 4. The largest absolute Gasteiger partial charge is 0.506 e. The van der Waals surface area contributed by atoms with E-state index in [9.17, 15) is 9.90 Å². The SMILES string of the molecule is CCOC1OC(C(=O)Nc2ccccc2O)=CC(c2ccsc2)C1CCOCCOCCO. The van der Waals surface area contributed by atoms with E-state index in [4.69, 9.17) is 24.1 Å². The number of carbonyl (C=O) groups is 1. The number of benzene rings is 1. The van der Waals surface area contributed by atoms with Crippen LogP contribution in [0.15, 0.2) is 52.9 Å². The fourth-order valence-corrected chi connectivity index (χ4v) is 4.36. The first-order valence-electron chi connectivity index (χ1n) is 11.0. The Morgan fingerprint density at radius 3 is 2.64 bits per heavy atom. The molecule has 3 N–H and O–H groups in total. The fraction of sp³-hybridized carbons (Fsp3) is 0.458. The Morgan fingerprint density at radius 1 is 1.15 bits per heavy atom. The van der Waals surface area contributed by atoms with Gasteiger partial charge in [-0.3, -0.25) is 4.79 Å². The van der Waals surface area contributed by atoms with E-state index in [1.54, 1.807) is 29.5 Å². The first kappa shape index (κ1) is 25.2. The quantitative estimate of drug-likeness (QED) is 0.300. The fourth-order valence-electron chi connectivity index (χ4n) is 3.65. The summed E-state index contributed by atoms with van der Waals surface area (Å²) in [6.45, 7) is 3.93. The van der Waals surface area contributed by atoms with Crippen molar-refractivity contribution in [2.75, 3.05) is 45.0 Å². The lowest BCUT2D eigenvalue weighted by molar-refractivity contribution is -0.166. The van der Waals surface area contributed by atoms with Gasteiger partial charge in [0.05, 0.1) is 32.1 Å². The summed E-state index contributed by atoms with van der Waals surface area (Å²) < 4.78 is 22.8. The molecular weight excluding hydrogens is 446 g/mol. The maximum atomic E-state index is 13.0. The summed E-state index contributed by atoms with van der Waals surface area (Å²) in [5, 5.41) is 25.5. The van der Waals surface area contributed by atoms with Crippen molar-refractivity contribution in [2.24, 2.45) is 5.92 Å². The molecule has 9 heteroatoms. The lowest BCUT2D eigenvalue weighted by atomic mass is 9.82. The van der Waals surface area contributed by atoms with Crippen molar-refractivity contribution < 1.29 is 34.0 Å². The molecule has 180 valence electrons. The number of phenolic OH excluding ortho intramolecular Hbond substituents is 1. The minimum absolute atomic E-state index is 0.0100. The molecule has 3 rings (SSSR count). The van der Waals surface area contributed by atoms with E-state index >= 15 is 0 Å². The Labute approximate surface area is 197 Å². The maximum Gasteiger partial charge on any atom is 0.290 e. The molecule has 0 bridgehead atoms. The van der Waals surface area contributed by atoms with Gasteiger partial charge in [0, 0.05) is 25.0 Å². The number of aromatic hydroxyl groups is 1. The number of para-hydroxylation sites is 2. The van der Waals surface area contributed by atoms with Crippen LogP contribution in [0.1, 0.15) is 24.8 Å². The third-order valence-corrected chi connectivity index (χ3v) is 5.92. The van der Waals surface area contributed by atoms with E-state index in [0.29, 0.717) is 45.1 Å². The maximum absolute atomic E-state index is 13.0. The molecule has 0 saturated carbocycles. The molecule has 3 atom stereocenters. The number of nitrogens with one attached hydrogen (secondary N) is 1. The monoisotopic (exact) mass is 477 g/mol. The van der Waals surface area contributed by atoms with Gasteiger partial charge in [-0.25, -0.2) is 0 Å². The van der Waals surface area contributed by atoms with Crippen LogP contribution in [0.3, 0.4) is 0 Å². The molecule has 1 amide bonds. The molecule has 1 aliphatic rings. The summed E-state index contributed by atoms with van der Waals surface area (Å²) in [6.07, 6.45) is 1.86. The van der Waals surface area contributed by atoms with Crippen molar-refractivity contribution in [3.05, 3.63) is 58.5 Å².